The third-order valence-corrected chi connectivity index (χ3v) is 6.41. The van der Waals surface area contributed by atoms with Crippen LogP contribution in [0.1, 0.15) is 16.6 Å². The van der Waals surface area contributed by atoms with E-state index in [0.717, 1.165) is 26.2 Å². The number of fused-ring (bicyclic) bond motifs is 3. The molecule has 4 rings (SSSR count). The van der Waals surface area contributed by atoms with E-state index in [2.05, 4.69) is 5.32 Å². The summed E-state index contributed by atoms with van der Waals surface area (Å²) in [4.78, 5) is 27.3. The second kappa shape index (κ2) is 7.21. The van der Waals surface area contributed by atoms with E-state index < -0.39 is 0 Å². The summed E-state index contributed by atoms with van der Waals surface area (Å²) in [5.74, 6) is -0.194. The number of benzene rings is 2. The summed E-state index contributed by atoms with van der Waals surface area (Å²) in [7, 11) is 0. The van der Waals surface area contributed by atoms with Crippen molar-refractivity contribution in [3.8, 4) is 0 Å². The van der Waals surface area contributed by atoms with Gasteiger partial charge in [-0.2, -0.15) is 0 Å². The van der Waals surface area contributed by atoms with Crippen LogP contribution in [0.4, 0.5) is 5.69 Å². The van der Waals surface area contributed by atoms with Crippen molar-refractivity contribution in [1.29, 1.82) is 0 Å². The van der Waals surface area contributed by atoms with Crippen molar-refractivity contribution in [2.24, 2.45) is 0 Å². The number of amides is 1. The monoisotopic (exact) mass is 394 g/mol. The average molecular weight is 395 g/mol. The molecule has 0 aliphatic rings. The fourth-order valence-electron chi connectivity index (χ4n) is 3.23. The van der Waals surface area contributed by atoms with Gasteiger partial charge in [-0.15, -0.1) is 23.1 Å². The first-order valence-corrected chi connectivity index (χ1v) is 10.7. The lowest BCUT2D eigenvalue weighted by molar-refractivity contribution is 0.103. The fourth-order valence-corrected chi connectivity index (χ4v) is 4.76. The lowest BCUT2D eigenvalue weighted by Gasteiger charge is -2.08. The summed E-state index contributed by atoms with van der Waals surface area (Å²) < 4.78 is 2.62. The largest absolute Gasteiger partial charge is 0.321 e. The van der Waals surface area contributed by atoms with Gasteiger partial charge in [0.15, 0.2) is 0 Å². The van der Waals surface area contributed by atoms with Gasteiger partial charge in [0, 0.05) is 27.2 Å². The van der Waals surface area contributed by atoms with Crippen molar-refractivity contribution in [2.45, 2.75) is 18.4 Å². The smallest absolute Gasteiger partial charge is 0.265 e. The Morgan fingerprint density at radius 2 is 1.93 bits per heavy atom. The first kappa shape index (κ1) is 17.8. The Hall–Kier alpha value is -2.57. The molecule has 0 unspecified atom stereocenters. The highest BCUT2D eigenvalue weighted by Crippen LogP contribution is 2.31. The number of thioether (sulfide) groups is 1. The molecule has 4 nitrogen and oxygen atoms in total. The van der Waals surface area contributed by atoms with Crippen LogP contribution in [0, 0.1) is 0 Å². The standard InChI is InChI=1S/C21H18N2O2S2/c1-3-23-17-10-5-4-9-15(17)19-16(21(23)25)12-18(27-19)20(24)22-13-7-6-8-14(11-13)26-2/h4-12H,3H2,1-2H3,(H,22,24). The molecule has 0 atom stereocenters. The number of rotatable bonds is 4. The van der Waals surface area contributed by atoms with Gasteiger partial charge in [0.05, 0.1) is 15.8 Å². The molecule has 2 aromatic heterocycles. The molecule has 6 heteroatoms. The van der Waals surface area contributed by atoms with Gasteiger partial charge < -0.3 is 9.88 Å². The van der Waals surface area contributed by atoms with Gasteiger partial charge in [0.1, 0.15) is 0 Å². The number of anilines is 1. The minimum Gasteiger partial charge on any atom is -0.321 e. The van der Waals surface area contributed by atoms with Crippen LogP contribution in [0.2, 0.25) is 0 Å². The van der Waals surface area contributed by atoms with E-state index >= 15 is 0 Å². The minimum atomic E-state index is -0.194. The fraction of sp³-hybridized carbons (Fsp3) is 0.143. The molecule has 0 saturated carbocycles. The van der Waals surface area contributed by atoms with Crippen molar-refractivity contribution in [3.63, 3.8) is 0 Å². The van der Waals surface area contributed by atoms with E-state index in [1.165, 1.54) is 11.3 Å². The molecule has 0 fully saturated rings. The Morgan fingerprint density at radius 1 is 1.11 bits per heavy atom. The maximum Gasteiger partial charge on any atom is 0.265 e. The van der Waals surface area contributed by atoms with Crippen LogP contribution in [0.5, 0.6) is 0 Å². The first-order chi connectivity index (χ1) is 13.1. The maximum atomic E-state index is 12.9. The van der Waals surface area contributed by atoms with Gasteiger partial charge in [-0.3, -0.25) is 9.59 Å². The van der Waals surface area contributed by atoms with Gasteiger partial charge in [-0.25, -0.2) is 0 Å². The number of hydrogen-bond donors (Lipinski definition) is 1. The van der Waals surface area contributed by atoms with Crippen LogP contribution in [0.25, 0.3) is 21.0 Å². The van der Waals surface area contributed by atoms with E-state index in [4.69, 9.17) is 0 Å². The third-order valence-electron chi connectivity index (χ3n) is 4.51. The number of carbonyl (C=O) groups excluding carboxylic acids is 1. The number of nitrogens with one attached hydrogen (secondary N) is 1. The van der Waals surface area contributed by atoms with Gasteiger partial charge in [0.25, 0.3) is 11.5 Å². The zero-order chi connectivity index (χ0) is 19.0. The molecule has 1 amide bonds. The molecule has 0 bridgehead atoms. The van der Waals surface area contributed by atoms with Crippen LogP contribution in [0.15, 0.2) is 64.3 Å². The molecule has 2 aromatic carbocycles. The van der Waals surface area contributed by atoms with E-state index in [0.29, 0.717) is 16.8 Å². The molecule has 136 valence electrons. The highest BCUT2D eigenvalue weighted by Gasteiger charge is 2.17. The Morgan fingerprint density at radius 3 is 2.70 bits per heavy atom. The molecule has 4 aromatic rings. The Kier molecular flexibility index (Phi) is 4.76. The highest BCUT2D eigenvalue weighted by molar-refractivity contribution is 7.98. The summed E-state index contributed by atoms with van der Waals surface area (Å²) in [6, 6.07) is 17.3. The van der Waals surface area contributed by atoms with E-state index in [1.807, 2.05) is 61.7 Å². The van der Waals surface area contributed by atoms with Gasteiger partial charge in [0.2, 0.25) is 0 Å². The number of nitrogens with zero attached hydrogens (tertiary/aromatic N) is 1. The molecule has 0 radical (unpaired) electrons. The van der Waals surface area contributed by atoms with Gasteiger partial charge >= 0.3 is 0 Å². The van der Waals surface area contributed by atoms with Crippen molar-refractivity contribution in [2.75, 3.05) is 11.6 Å². The molecule has 2 heterocycles. The lowest BCUT2D eigenvalue weighted by Crippen LogP contribution is -2.19. The zero-order valence-electron chi connectivity index (χ0n) is 15.0. The molecular formula is C21H18N2O2S2. The van der Waals surface area contributed by atoms with Crippen molar-refractivity contribution in [3.05, 3.63) is 69.8 Å². The normalized spacial score (nSPS) is 11.2. The number of aryl methyl sites for hydroxylation is 1. The molecular weight excluding hydrogens is 376 g/mol. The van der Waals surface area contributed by atoms with Crippen molar-refractivity contribution < 1.29 is 4.79 Å². The number of hydrogen-bond acceptors (Lipinski definition) is 4. The topological polar surface area (TPSA) is 51.1 Å². The second-order valence-electron chi connectivity index (χ2n) is 6.11. The van der Waals surface area contributed by atoms with Crippen molar-refractivity contribution in [1.82, 2.24) is 4.57 Å². The van der Waals surface area contributed by atoms with Crippen LogP contribution in [0.3, 0.4) is 0 Å². The molecule has 0 aliphatic heterocycles. The quantitative estimate of drug-likeness (QED) is 0.483. The predicted molar refractivity (Wildman–Crippen MR) is 115 cm³/mol. The second-order valence-corrected chi connectivity index (χ2v) is 8.04. The summed E-state index contributed by atoms with van der Waals surface area (Å²) in [6.07, 6.45) is 2.00. The zero-order valence-corrected chi connectivity index (χ0v) is 16.6. The Bertz CT molecular complexity index is 1220. The van der Waals surface area contributed by atoms with E-state index in [-0.39, 0.29) is 11.5 Å². The third kappa shape index (κ3) is 3.15. The Labute approximate surface area is 164 Å². The van der Waals surface area contributed by atoms with Crippen LogP contribution >= 0.6 is 23.1 Å². The molecule has 0 aliphatic carbocycles. The predicted octanol–water partition coefficient (Wildman–Crippen LogP) is 5.21. The average Bonchev–Trinajstić information content (AvgIpc) is 3.15. The highest BCUT2D eigenvalue weighted by atomic mass is 32.2. The Balaban J connectivity index is 1.81. The molecule has 0 spiro atoms. The molecule has 27 heavy (non-hydrogen) atoms. The van der Waals surface area contributed by atoms with E-state index in [1.54, 1.807) is 22.4 Å². The number of carbonyl (C=O) groups is 1. The number of thiophene rings is 1. The summed E-state index contributed by atoms with van der Waals surface area (Å²) in [6.45, 7) is 2.55. The van der Waals surface area contributed by atoms with E-state index in [9.17, 15) is 9.59 Å². The number of aromatic nitrogens is 1. The lowest BCUT2D eigenvalue weighted by atomic mass is 10.1. The number of para-hydroxylation sites is 1. The van der Waals surface area contributed by atoms with Crippen LogP contribution < -0.4 is 10.9 Å². The first-order valence-electron chi connectivity index (χ1n) is 8.63. The van der Waals surface area contributed by atoms with Crippen LogP contribution in [-0.2, 0) is 6.54 Å². The summed E-state index contributed by atoms with van der Waals surface area (Å²) in [5.41, 5.74) is 1.60. The van der Waals surface area contributed by atoms with Crippen molar-refractivity contribution >= 4 is 55.7 Å². The van der Waals surface area contributed by atoms with Gasteiger partial charge in [-0.05, 0) is 43.5 Å². The van der Waals surface area contributed by atoms with Crippen LogP contribution in [-0.4, -0.2) is 16.7 Å². The minimum absolute atomic E-state index is 0.0501. The summed E-state index contributed by atoms with van der Waals surface area (Å²) in [5, 5.41) is 4.54. The number of pyridine rings is 1. The van der Waals surface area contributed by atoms with Gasteiger partial charge in [-0.1, -0.05) is 24.3 Å². The maximum absolute atomic E-state index is 12.9. The molecule has 0 saturated heterocycles. The molecule has 1 N–H and O–H groups in total. The SMILES string of the molecule is CCn1c(=O)c2cc(C(=O)Nc3cccc(SC)c3)sc2c2ccccc21. The summed E-state index contributed by atoms with van der Waals surface area (Å²) >= 11 is 2.99.